The Morgan fingerprint density at radius 2 is 2.11 bits per heavy atom. The van der Waals surface area contributed by atoms with Crippen molar-refractivity contribution in [2.24, 2.45) is 18.2 Å². The molecule has 0 spiro atoms. The number of nitrogens with zero attached hydrogens (tertiary/aromatic N) is 2. The van der Waals surface area contributed by atoms with Crippen LogP contribution < -0.4 is 10.6 Å². The number of aryl methyl sites for hydroxylation is 1. The Morgan fingerprint density at radius 3 is 2.74 bits per heavy atom. The van der Waals surface area contributed by atoms with Crippen LogP contribution in [0.3, 0.4) is 0 Å². The van der Waals surface area contributed by atoms with Gasteiger partial charge in [-0.3, -0.25) is 4.79 Å². The second-order valence-corrected chi connectivity index (χ2v) is 5.49. The maximum Gasteiger partial charge on any atom is 0.234 e. The molecule has 1 aliphatic carbocycles. The third-order valence-corrected chi connectivity index (χ3v) is 4.24. The number of benzene rings is 1. The summed E-state index contributed by atoms with van der Waals surface area (Å²) in [7, 11) is 3.85. The van der Waals surface area contributed by atoms with Gasteiger partial charge in [-0.15, -0.1) is 0 Å². The first-order valence-corrected chi connectivity index (χ1v) is 6.61. The smallest absolute Gasteiger partial charge is 0.234 e. The first-order chi connectivity index (χ1) is 9.09. The summed E-state index contributed by atoms with van der Waals surface area (Å²) in [6.07, 6.45) is 3.84. The van der Waals surface area contributed by atoms with Gasteiger partial charge in [-0.05, 0) is 18.9 Å². The lowest BCUT2D eigenvalue weighted by atomic mass is 10.1. The maximum absolute atomic E-state index is 12.5. The van der Waals surface area contributed by atoms with Gasteiger partial charge in [-0.25, -0.2) is 0 Å². The van der Waals surface area contributed by atoms with Crippen molar-refractivity contribution in [3.63, 3.8) is 0 Å². The zero-order valence-electron chi connectivity index (χ0n) is 11.4. The number of carbonyl (C=O) groups excluding carboxylic acids is 1. The highest BCUT2D eigenvalue weighted by Gasteiger charge is 2.50. The van der Waals surface area contributed by atoms with Crippen molar-refractivity contribution in [2.75, 3.05) is 18.5 Å². The minimum Gasteiger partial charge on any atom is -0.348 e. The van der Waals surface area contributed by atoms with Gasteiger partial charge in [-0.2, -0.15) is 0 Å². The average molecular weight is 257 g/mol. The number of hydrogen-bond donors (Lipinski definition) is 1. The number of rotatable bonds is 3. The maximum atomic E-state index is 12.5. The molecule has 1 amide bonds. The van der Waals surface area contributed by atoms with Crippen LogP contribution in [0.4, 0.5) is 5.69 Å². The SMILES string of the molecule is CN(C(=O)C1(CN)CC1)c1cn(C)c2ccccc12. The third kappa shape index (κ3) is 1.75. The molecule has 0 bridgehead atoms. The van der Waals surface area contributed by atoms with Crippen molar-refractivity contribution in [1.82, 2.24) is 4.57 Å². The van der Waals surface area contributed by atoms with E-state index >= 15 is 0 Å². The molecule has 2 N–H and O–H groups in total. The van der Waals surface area contributed by atoms with Crippen LogP contribution in [-0.4, -0.2) is 24.1 Å². The van der Waals surface area contributed by atoms with Gasteiger partial charge in [0.05, 0.1) is 11.1 Å². The molecule has 1 fully saturated rings. The Labute approximate surface area is 112 Å². The molecule has 4 heteroatoms. The number of fused-ring (bicyclic) bond motifs is 1. The van der Waals surface area contributed by atoms with Gasteiger partial charge in [0.25, 0.3) is 0 Å². The molecule has 1 saturated carbocycles. The Morgan fingerprint density at radius 1 is 1.42 bits per heavy atom. The fourth-order valence-electron chi connectivity index (χ4n) is 2.71. The highest BCUT2D eigenvalue weighted by atomic mass is 16.2. The molecule has 3 rings (SSSR count). The van der Waals surface area contributed by atoms with Crippen LogP contribution in [0.5, 0.6) is 0 Å². The molecule has 1 aromatic heterocycles. The lowest BCUT2D eigenvalue weighted by Crippen LogP contribution is -2.38. The molecule has 1 aliphatic rings. The summed E-state index contributed by atoms with van der Waals surface area (Å²) in [5, 5.41) is 1.11. The lowest BCUT2D eigenvalue weighted by Gasteiger charge is -2.22. The number of aromatic nitrogens is 1. The number of carbonyl (C=O) groups is 1. The molecule has 1 aromatic carbocycles. The van der Waals surface area contributed by atoms with E-state index in [1.54, 1.807) is 4.90 Å². The normalized spacial score (nSPS) is 16.6. The lowest BCUT2D eigenvalue weighted by molar-refractivity contribution is -0.123. The van der Waals surface area contributed by atoms with E-state index in [-0.39, 0.29) is 11.3 Å². The number of amides is 1. The van der Waals surface area contributed by atoms with Crippen molar-refractivity contribution in [3.05, 3.63) is 30.5 Å². The van der Waals surface area contributed by atoms with Crippen LogP contribution in [0.25, 0.3) is 10.9 Å². The van der Waals surface area contributed by atoms with E-state index in [1.165, 1.54) is 0 Å². The second-order valence-electron chi connectivity index (χ2n) is 5.49. The summed E-state index contributed by atoms with van der Waals surface area (Å²) in [6.45, 7) is 0.445. The molecule has 4 nitrogen and oxygen atoms in total. The zero-order chi connectivity index (χ0) is 13.6. The number of anilines is 1. The molecule has 0 radical (unpaired) electrons. The summed E-state index contributed by atoms with van der Waals surface area (Å²) >= 11 is 0. The standard InChI is InChI=1S/C15H19N3O/c1-17-9-13(11-5-3-4-6-12(11)17)18(2)14(19)15(10-16)7-8-15/h3-6,9H,7-8,10,16H2,1-2H3. The molecule has 100 valence electrons. The first kappa shape index (κ1) is 12.2. The fraction of sp³-hybridized carbons (Fsp3) is 0.400. The Hall–Kier alpha value is -1.81. The largest absolute Gasteiger partial charge is 0.348 e. The van der Waals surface area contributed by atoms with Crippen molar-refractivity contribution in [3.8, 4) is 0 Å². The quantitative estimate of drug-likeness (QED) is 0.912. The molecular weight excluding hydrogens is 238 g/mol. The molecule has 0 saturated heterocycles. The molecular formula is C15H19N3O. The van der Waals surface area contributed by atoms with E-state index in [9.17, 15) is 4.79 Å². The predicted molar refractivity (Wildman–Crippen MR) is 77.1 cm³/mol. The van der Waals surface area contributed by atoms with E-state index in [4.69, 9.17) is 5.73 Å². The number of nitrogens with two attached hydrogens (primary N) is 1. The van der Waals surface area contributed by atoms with Crippen LogP contribution in [0.2, 0.25) is 0 Å². The molecule has 19 heavy (non-hydrogen) atoms. The van der Waals surface area contributed by atoms with Crippen molar-refractivity contribution in [1.29, 1.82) is 0 Å². The summed E-state index contributed by atoms with van der Waals surface area (Å²) < 4.78 is 2.05. The second kappa shape index (κ2) is 4.10. The monoisotopic (exact) mass is 257 g/mol. The average Bonchev–Trinajstić information content (AvgIpc) is 3.17. The van der Waals surface area contributed by atoms with E-state index in [1.807, 2.05) is 32.4 Å². The Bertz CT molecular complexity index is 640. The van der Waals surface area contributed by atoms with Gasteiger partial charge in [-0.1, -0.05) is 18.2 Å². The van der Waals surface area contributed by atoms with Gasteiger partial charge in [0.2, 0.25) is 5.91 Å². The topological polar surface area (TPSA) is 51.3 Å². The fourth-order valence-corrected chi connectivity index (χ4v) is 2.71. The minimum atomic E-state index is -0.300. The van der Waals surface area contributed by atoms with E-state index in [0.717, 1.165) is 29.4 Å². The highest BCUT2D eigenvalue weighted by molar-refractivity contribution is 6.06. The van der Waals surface area contributed by atoms with E-state index in [2.05, 4.69) is 16.7 Å². The summed E-state index contributed by atoms with van der Waals surface area (Å²) in [5.41, 5.74) is 7.55. The van der Waals surface area contributed by atoms with Gasteiger partial charge < -0.3 is 15.2 Å². The third-order valence-electron chi connectivity index (χ3n) is 4.24. The highest BCUT2D eigenvalue weighted by Crippen LogP contribution is 2.47. The molecule has 0 unspecified atom stereocenters. The van der Waals surface area contributed by atoms with Crippen molar-refractivity contribution >= 4 is 22.5 Å². The van der Waals surface area contributed by atoms with Crippen LogP contribution in [0, 0.1) is 5.41 Å². The van der Waals surface area contributed by atoms with Crippen molar-refractivity contribution < 1.29 is 4.79 Å². The number of para-hydroxylation sites is 1. The Balaban J connectivity index is 2.03. The molecule has 1 heterocycles. The van der Waals surface area contributed by atoms with Gasteiger partial charge >= 0.3 is 0 Å². The van der Waals surface area contributed by atoms with Gasteiger partial charge in [0.15, 0.2) is 0 Å². The van der Waals surface area contributed by atoms with Gasteiger partial charge in [0.1, 0.15) is 0 Å². The zero-order valence-corrected chi connectivity index (χ0v) is 11.4. The first-order valence-electron chi connectivity index (χ1n) is 6.61. The predicted octanol–water partition coefficient (Wildman–Crippen LogP) is 1.88. The number of hydrogen-bond acceptors (Lipinski definition) is 2. The van der Waals surface area contributed by atoms with Crippen LogP contribution in [0.15, 0.2) is 30.5 Å². The van der Waals surface area contributed by atoms with Crippen LogP contribution in [0.1, 0.15) is 12.8 Å². The summed E-state index contributed by atoms with van der Waals surface area (Å²) in [5.74, 6) is 0.145. The molecule has 2 aromatic rings. The van der Waals surface area contributed by atoms with Crippen molar-refractivity contribution in [2.45, 2.75) is 12.8 Å². The molecule has 0 aliphatic heterocycles. The van der Waals surface area contributed by atoms with E-state index < -0.39 is 0 Å². The van der Waals surface area contributed by atoms with Crippen LogP contribution in [-0.2, 0) is 11.8 Å². The van der Waals surface area contributed by atoms with Crippen LogP contribution >= 0.6 is 0 Å². The van der Waals surface area contributed by atoms with Gasteiger partial charge in [0, 0.05) is 37.7 Å². The molecule has 0 atom stereocenters. The summed E-state index contributed by atoms with van der Waals surface area (Å²) in [6, 6.07) is 8.12. The minimum absolute atomic E-state index is 0.145. The summed E-state index contributed by atoms with van der Waals surface area (Å²) in [4.78, 5) is 14.3. The Kier molecular flexibility index (Phi) is 2.64. The van der Waals surface area contributed by atoms with E-state index in [0.29, 0.717) is 6.54 Å².